The fourth-order valence-corrected chi connectivity index (χ4v) is 2.28. The van der Waals surface area contributed by atoms with E-state index in [0.717, 1.165) is 0 Å². The van der Waals surface area contributed by atoms with E-state index in [2.05, 4.69) is 19.2 Å². The highest BCUT2D eigenvalue weighted by Crippen LogP contribution is 2.20. The van der Waals surface area contributed by atoms with Gasteiger partial charge in [0.25, 0.3) is 0 Å². The van der Waals surface area contributed by atoms with Crippen LogP contribution in [0, 0.1) is 5.92 Å². The maximum Gasteiger partial charge on any atom is 0.248 e. The van der Waals surface area contributed by atoms with Gasteiger partial charge >= 0.3 is 0 Å². The Hall–Kier alpha value is -1.10. The van der Waals surface area contributed by atoms with Gasteiger partial charge in [-0.3, -0.25) is 9.59 Å². The standard InChI is InChI=1S/C13H24N2O3/c1-9(2)10(8-18-5)15-7-6-11(16)14-13(3,4)12(15)17/h9-10H,6-8H2,1-5H3,(H,14,16). The Labute approximate surface area is 109 Å². The molecular formula is C13H24N2O3. The van der Waals surface area contributed by atoms with Gasteiger partial charge in [-0.2, -0.15) is 0 Å². The number of nitrogens with zero attached hydrogens (tertiary/aromatic N) is 1. The zero-order chi connectivity index (χ0) is 13.9. The topological polar surface area (TPSA) is 58.6 Å². The lowest BCUT2D eigenvalue weighted by molar-refractivity contribution is -0.141. The molecule has 1 rings (SSSR count). The van der Waals surface area contributed by atoms with Gasteiger partial charge in [-0.15, -0.1) is 0 Å². The molecule has 104 valence electrons. The second kappa shape index (κ2) is 5.69. The molecule has 1 aliphatic heterocycles. The van der Waals surface area contributed by atoms with Gasteiger partial charge in [0.2, 0.25) is 11.8 Å². The summed E-state index contributed by atoms with van der Waals surface area (Å²) in [5, 5.41) is 2.76. The molecule has 0 aromatic heterocycles. The SMILES string of the molecule is COCC(C(C)C)N1CCC(=O)NC(C)(C)C1=O. The molecule has 0 bridgehead atoms. The molecule has 1 N–H and O–H groups in total. The molecule has 1 fully saturated rings. The van der Waals surface area contributed by atoms with Crippen LogP contribution in [-0.2, 0) is 14.3 Å². The number of hydrogen-bond donors (Lipinski definition) is 1. The van der Waals surface area contributed by atoms with E-state index in [4.69, 9.17) is 4.74 Å². The number of nitrogens with one attached hydrogen (secondary N) is 1. The Bertz CT molecular complexity index is 326. The monoisotopic (exact) mass is 256 g/mol. The van der Waals surface area contributed by atoms with Crippen molar-refractivity contribution in [3.63, 3.8) is 0 Å². The number of ether oxygens (including phenoxy) is 1. The average molecular weight is 256 g/mol. The Morgan fingerprint density at radius 2 is 2.00 bits per heavy atom. The quantitative estimate of drug-likeness (QED) is 0.809. The van der Waals surface area contributed by atoms with Gasteiger partial charge < -0.3 is 15.0 Å². The summed E-state index contributed by atoms with van der Waals surface area (Å²) in [5.41, 5.74) is -0.839. The molecule has 0 radical (unpaired) electrons. The fourth-order valence-electron chi connectivity index (χ4n) is 2.28. The third-order valence-electron chi connectivity index (χ3n) is 3.33. The largest absolute Gasteiger partial charge is 0.383 e. The minimum Gasteiger partial charge on any atom is -0.383 e. The molecule has 0 spiro atoms. The van der Waals surface area contributed by atoms with E-state index in [1.165, 1.54) is 0 Å². The molecule has 0 saturated carbocycles. The molecular weight excluding hydrogens is 232 g/mol. The molecule has 1 heterocycles. The molecule has 1 saturated heterocycles. The van der Waals surface area contributed by atoms with Gasteiger partial charge in [0.15, 0.2) is 0 Å². The zero-order valence-corrected chi connectivity index (χ0v) is 11.9. The van der Waals surface area contributed by atoms with E-state index in [0.29, 0.717) is 19.6 Å². The summed E-state index contributed by atoms with van der Waals surface area (Å²) in [6.07, 6.45) is 0.349. The third kappa shape index (κ3) is 3.22. The molecule has 5 heteroatoms. The van der Waals surface area contributed by atoms with Crippen molar-refractivity contribution in [2.45, 2.75) is 45.7 Å². The number of rotatable bonds is 4. The Kier molecular flexibility index (Phi) is 4.73. The maximum absolute atomic E-state index is 12.5. The van der Waals surface area contributed by atoms with E-state index in [9.17, 15) is 9.59 Å². The second-order valence-corrected chi connectivity index (χ2v) is 5.69. The highest BCUT2D eigenvalue weighted by atomic mass is 16.5. The smallest absolute Gasteiger partial charge is 0.248 e. The first kappa shape index (κ1) is 15.0. The summed E-state index contributed by atoms with van der Waals surface area (Å²) >= 11 is 0. The predicted molar refractivity (Wildman–Crippen MR) is 69.1 cm³/mol. The third-order valence-corrected chi connectivity index (χ3v) is 3.33. The first-order valence-corrected chi connectivity index (χ1v) is 6.40. The summed E-state index contributed by atoms with van der Waals surface area (Å²) in [7, 11) is 1.63. The molecule has 1 unspecified atom stereocenters. The Morgan fingerprint density at radius 3 is 2.50 bits per heavy atom. The van der Waals surface area contributed by atoms with Gasteiger partial charge in [0, 0.05) is 20.1 Å². The van der Waals surface area contributed by atoms with E-state index >= 15 is 0 Å². The van der Waals surface area contributed by atoms with Crippen molar-refractivity contribution in [2.24, 2.45) is 5.92 Å². The van der Waals surface area contributed by atoms with Crippen LogP contribution in [0.25, 0.3) is 0 Å². The number of hydrogen-bond acceptors (Lipinski definition) is 3. The van der Waals surface area contributed by atoms with Crippen molar-refractivity contribution < 1.29 is 14.3 Å². The minimum atomic E-state index is -0.839. The first-order chi connectivity index (χ1) is 8.29. The lowest BCUT2D eigenvalue weighted by Gasteiger charge is -2.36. The zero-order valence-electron chi connectivity index (χ0n) is 11.9. The molecule has 1 aliphatic rings. The van der Waals surface area contributed by atoms with Crippen molar-refractivity contribution in [3.8, 4) is 0 Å². The normalized spacial score (nSPS) is 21.8. The van der Waals surface area contributed by atoms with Crippen LogP contribution in [0.2, 0.25) is 0 Å². The summed E-state index contributed by atoms with van der Waals surface area (Å²) in [6.45, 7) is 8.56. The molecule has 1 atom stereocenters. The fraction of sp³-hybridized carbons (Fsp3) is 0.846. The van der Waals surface area contributed by atoms with Crippen LogP contribution in [0.1, 0.15) is 34.1 Å². The summed E-state index contributed by atoms with van der Waals surface area (Å²) in [5.74, 6) is 0.178. The van der Waals surface area contributed by atoms with Gasteiger partial charge in [0.05, 0.1) is 12.6 Å². The van der Waals surface area contributed by atoms with Crippen molar-refractivity contribution in [1.29, 1.82) is 0 Å². The van der Waals surface area contributed by atoms with Crippen LogP contribution in [-0.4, -0.2) is 48.6 Å². The highest BCUT2D eigenvalue weighted by Gasteiger charge is 2.39. The van der Waals surface area contributed by atoms with Gasteiger partial charge in [-0.05, 0) is 19.8 Å². The van der Waals surface area contributed by atoms with E-state index in [1.807, 2.05) is 0 Å². The number of amides is 2. The highest BCUT2D eigenvalue weighted by molar-refractivity contribution is 5.93. The van der Waals surface area contributed by atoms with Crippen molar-refractivity contribution >= 4 is 11.8 Å². The lowest BCUT2D eigenvalue weighted by Crippen LogP contribution is -2.56. The van der Waals surface area contributed by atoms with Crippen molar-refractivity contribution in [1.82, 2.24) is 10.2 Å². The number of carbonyl (C=O) groups is 2. The van der Waals surface area contributed by atoms with Crippen molar-refractivity contribution in [2.75, 3.05) is 20.3 Å². The van der Waals surface area contributed by atoms with Crippen LogP contribution in [0.3, 0.4) is 0 Å². The van der Waals surface area contributed by atoms with Crippen LogP contribution in [0.5, 0.6) is 0 Å². The van der Waals surface area contributed by atoms with E-state index in [1.54, 1.807) is 25.9 Å². The molecule has 0 aliphatic carbocycles. The molecule has 2 amide bonds. The second-order valence-electron chi connectivity index (χ2n) is 5.69. The van der Waals surface area contributed by atoms with Gasteiger partial charge in [0.1, 0.15) is 5.54 Å². The molecule has 5 nitrogen and oxygen atoms in total. The van der Waals surface area contributed by atoms with Crippen LogP contribution in [0.4, 0.5) is 0 Å². The summed E-state index contributed by atoms with van der Waals surface area (Å²) in [4.78, 5) is 25.9. The Morgan fingerprint density at radius 1 is 1.39 bits per heavy atom. The molecule has 18 heavy (non-hydrogen) atoms. The minimum absolute atomic E-state index is 0.00877. The summed E-state index contributed by atoms with van der Waals surface area (Å²) in [6, 6.07) is 0.00877. The van der Waals surface area contributed by atoms with E-state index in [-0.39, 0.29) is 23.8 Å². The number of methoxy groups -OCH3 is 1. The van der Waals surface area contributed by atoms with E-state index < -0.39 is 5.54 Å². The molecule has 0 aromatic rings. The van der Waals surface area contributed by atoms with Crippen molar-refractivity contribution in [3.05, 3.63) is 0 Å². The molecule has 0 aromatic carbocycles. The number of carbonyl (C=O) groups excluding carboxylic acids is 2. The predicted octanol–water partition coefficient (Wildman–Crippen LogP) is 0.785. The van der Waals surface area contributed by atoms with Crippen LogP contribution in [0.15, 0.2) is 0 Å². The maximum atomic E-state index is 12.5. The van der Waals surface area contributed by atoms with Gasteiger partial charge in [-0.1, -0.05) is 13.8 Å². The first-order valence-electron chi connectivity index (χ1n) is 6.40. The lowest BCUT2D eigenvalue weighted by atomic mass is 9.98. The summed E-state index contributed by atoms with van der Waals surface area (Å²) < 4.78 is 5.20. The average Bonchev–Trinajstić information content (AvgIpc) is 2.34. The van der Waals surface area contributed by atoms with Crippen LogP contribution < -0.4 is 5.32 Å². The Balaban J connectivity index is 2.97. The van der Waals surface area contributed by atoms with Gasteiger partial charge in [-0.25, -0.2) is 0 Å². The van der Waals surface area contributed by atoms with Crippen LogP contribution >= 0.6 is 0 Å².